The van der Waals surface area contributed by atoms with Gasteiger partial charge in [-0.25, -0.2) is 8.78 Å². The van der Waals surface area contributed by atoms with Crippen LogP contribution in [0.15, 0.2) is 29.1 Å². The first kappa shape index (κ1) is 19.3. The van der Waals surface area contributed by atoms with Crippen molar-refractivity contribution in [3.8, 4) is 0 Å². The number of esters is 1. The second kappa shape index (κ2) is 8.37. The van der Waals surface area contributed by atoms with E-state index in [0.717, 1.165) is 12.3 Å². The molecule has 0 amide bonds. The molecule has 0 bridgehead atoms. The summed E-state index contributed by atoms with van der Waals surface area (Å²) >= 11 is 0. The van der Waals surface area contributed by atoms with Crippen LogP contribution in [0.4, 0.5) is 14.6 Å². The molecule has 8 heteroatoms. The second-order valence-corrected chi connectivity index (χ2v) is 5.55. The Morgan fingerprint density at radius 3 is 2.73 bits per heavy atom. The van der Waals surface area contributed by atoms with E-state index >= 15 is 0 Å². The van der Waals surface area contributed by atoms with Crippen molar-refractivity contribution < 1.29 is 18.3 Å². The molecule has 138 valence electrons. The maximum absolute atomic E-state index is 13.8. The Labute approximate surface area is 148 Å². The van der Waals surface area contributed by atoms with Gasteiger partial charge in [-0.15, -0.1) is 0 Å². The van der Waals surface area contributed by atoms with Crippen LogP contribution in [0.3, 0.4) is 0 Å². The van der Waals surface area contributed by atoms with E-state index in [1.54, 1.807) is 6.92 Å². The number of anilines is 1. The van der Waals surface area contributed by atoms with Gasteiger partial charge in [0.2, 0.25) is 0 Å². The molecule has 2 rings (SSSR count). The van der Waals surface area contributed by atoms with Crippen LogP contribution in [-0.2, 0) is 28.9 Å². The zero-order chi connectivity index (χ0) is 19.3. The van der Waals surface area contributed by atoms with Gasteiger partial charge in [0, 0.05) is 18.0 Å². The SMILES string of the molecule is CCOC(=O)Cn1c(CCc2cccc(F)c2F)cc(=O)c(C=N)c1N. The van der Waals surface area contributed by atoms with Crippen molar-refractivity contribution >= 4 is 18.0 Å². The first-order valence-corrected chi connectivity index (χ1v) is 8.00. The summed E-state index contributed by atoms with van der Waals surface area (Å²) in [6, 6.07) is 5.10. The van der Waals surface area contributed by atoms with Crippen LogP contribution in [0.5, 0.6) is 0 Å². The lowest BCUT2D eigenvalue weighted by molar-refractivity contribution is -0.143. The molecule has 26 heavy (non-hydrogen) atoms. The molecule has 1 aromatic carbocycles. The number of nitrogen functional groups attached to an aromatic ring is 1. The molecule has 0 saturated carbocycles. The molecule has 0 atom stereocenters. The highest BCUT2D eigenvalue weighted by Crippen LogP contribution is 2.16. The monoisotopic (exact) mass is 363 g/mol. The van der Waals surface area contributed by atoms with Crippen molar-refractivity contribution in [3.05, 3.63) is 62.9 Å². The Morgan fingerprint density at radius 2 is 2.08 bits per heavy atom. The molecule has 0 spiro atoms. The Bertz CT molecular complexity index is 894. The van der Waals surface area contributed by atoms with E-state index < -0.39 is 23.0 Å². The van der Waals surface area contributed by atoms with Gasteiger partial charge in [0.25, 0.3) is 0 Å². The van der Waals surface area contributed by atoms with Gasteiger partial charge in [-0.2, -0.15) is 0 Å². The van der Waals surface area contributed by atoms with Gasteiger partial charge in [0.1, 0.15) is 12.4 Å². The first-order chi connectivity index (χ1) is 12.4. The van der Waals surface area contributed by atoms with Crippen molar-refractivity contribution in [1.82, 2.24) is 4.57 Å². The fourth-order valence-corrected chi connectivity index (χ4v) is 2.61. The molecule has 0 aliphatic heterocycles. The van der Waals surface area contributed by atoms with Crippen LogP contribution in [0.2, 0.25) is 0 Å². The fraction of sp³-hybridized carbons (Fsp3) is 0.278. The number of aryl methyl sites for hydroxylation is 2. The number of aromatic nitrogens is 1. The van der Waals surface area contributed by atoms with Gasteiger partial charge in [-0.05, 0) is 31.4 Å². The van der Waals surface area contributed by atoms with Gasteiger partial charge in [-0.1, -0.05) is 12.1 Å². The number of carbonyl (C=O) groups is 1. The largest absolute Gasteiger partial charge is 0.465 e. The van der Waals surface area contributed by atoms with E-state index in [2.05, 4.69) is 0 Å². The Kier molecular flexibility index (Phi) is 6.21. The van der Waals surface area contributed by atoms with Gasteiger partial charge in [0.15, 0.2) is 17.1 Å². The number of nitrogens with one attached hydrogen (secondary N) is 1. The van der Waals surface area contributed by atoms with Gasteiger partial charge in [0.05, 0.1) is 12.2 Å². The van der Waals surface area contributed by atoms with Gasteiger partial charge in [-0.3, -0.25) is 9.59 Å². The summed E-state index contributed by atoms with van der Waals surface area (Å²) in [7, 11) is 0. The maximum Gasteiger partial charge on any atom is 0.326 e. The van der Waals surface area contributed by atoms with Crippen molar-refractivity contribution in [2.45, 2.75) is 26.3 Å². The molecule has 0 aliphatic rings. The minimum atomic E-state index is -0.954. The molecular weight excluding hydrogens is 344 g/mol. The van der Waals surface area contributed by atoms with Crippen LogP contribution in [-0.4, -0.2) is 23.4 Å². The summed E-state index contributed by atoms with van der Waals surface area (Å²) in [4.78, 5) is 23.9. The summed E-state index contributed by atoms with van der Waals surface area (Å²) in [6.07, 6.45) is 1.07. The Morgan fingerprint density at radius 1 is 1.35 bits per heavy atom. The first-order valence-electron chi connectivity index (χ1n) is 8.00. The summed E-state index contributed by atoms with van der Waals surface area (Å²) in [5, 5.41) is 7.32. The molecule has 1 heterocycles. The summed E-state index contributed by atoms with van der Waals surface area (Å²) in [6.45, 7) is 1.59. The fourth-order valence-electron chi connectivity index (χ4n) is 2.61. The van der Waals surface area contributed by atoms with Crippen LogP contribution < -0.4 is 11.2 Å². The topological polar surface area (TPSA) is 98.2 Å². The summed E-state index contributed by atoms with van der Waals surface area (Å²) in [5.41, 5.74) is 5.93. The third-order valence-electron chi connectivity index (χ3n) is 3.90. The molecule has 0 saturated heterocycles. The number of hydrogen-bond donors (Lipinski definition) is 2. The molecule has 0 fully saturated rings. The van der Waals surface area contributed by atoms with E-state index in [4.69, 9.17) is 15.9 Å². The number of pyridine rings is 1. The lowest BCUT2D eigenvalue weighted by Crippen LogP contribution is -2.25. The molecule has 0 aliphatic carbocycles. The molecule has 3 N–H and O–H groups in total. The highest BCUT2D eigenvalue weighted by molar-refractivity contribution is 5.84. The van der Waals surface area contributed by atoms with E-state index in [1.807, 2.05) is 0 Å². The average Bonchev–Trinajstić information content (AvgIpc) is 2.59. The van der Waals surface area contributed by atoms with Crippen molar-refractivity contribution in [2.75, 3.05) is 12.3 Å². The van der Waals surface area contributed by atoms with Crippen molar-refractivity contribution in [1.29, 1.82) is 5.41 Å². The number of halogens is 2. The van der Waals surface area contributed by atoms with E-state index in [9.17, 15) is 18.4 Å². The number of nitrogens with two attached hydrogens (primary N) is 1. The highest BCUT2D eigenvalue weighted by atomic mass is 19.2. The van der Waals surface area contributed by atoms with Crippen LogP contribution in [0.1, 0.15) is 23.7 Å². The average molecular weight is 363 g/mol. The Balaban J connectivity index is 2.39. The molecule has 1 aromatic heterocycles. The van der Waals surface area contributed by atoms with Gasteiger partial charge < -0.3 is 20.4 Å². The number of hydrogen-bond acceptors (Lipinski definition) is 5. The predicted molar refractivity (Wildman–Crippen MR) is 93.4 cm³/mol. The molecule has 0 unspecified atom stereocenters. The van der Waals surface area contributed by atoms with Crippen molar-refractivity contribution in [2.24, 2.45) is 0 Å². The maximum atomic E-state index is 13.8. The van der Waals surface area contributed by atoms with Crippen LogP contribution >= 0.6 is 0 Å². The van der Waals surface area contributed by atoms with E-state index in [-0.39, 0.29) is 42.9 Å². The number of rotatable bonds is 7. The van der Waals surface area contributed by atoms with E-state index in [0.29, 0.717) is 5.69 Å². The standard InChI is InChI=1S/C18H19F2N3O3/c1-2-26-16(25)10-23-12(8-15(24)13(9-21)18(23)22)7-6-11-4-3-5-14(19)17(11)20/h3-5,8-9,21H,2,6-7,10,22H2,1H3. The third-order valence-corrected chi connectivity index (χ3v) is 3.90. The van der Waals surface area contributed by atoms with Gasteiger partial charge >= 0.3 is 5.97 Å². The molecular formula is C18H19F2N3O3. The Hall–Kier alpha value is -3.03. The molecule has 2 aromatic rings. The quantitative estimate of drug-likeness (QED) is 0.581. The summed E-state index contributed by atoms with van der Waals surface area (Å²) in [5.74, 6) is -2.51. The van der Waals surface area contributed by atoms with Crippen LogP contribution in [0.25, 0.3) is 0 Å². The number of nitrogens with zero attached hydrogens (tertiary/aromatic N) is 1. The number of benzene rings is 1. The van der Waals surface area contributed by atoms with E-state index in [1.165, 1.54) is 22.8 Å². The zero-order valence-corrected chi connectivity index (χ0v) is 14.2. The lowest BCUT2D eigenvalue weighted by Gasteiger charge is -2.17. The lowest BCUT2D eigenvalue weighted by atomic mass is 10.1. The van der Waals surface area contributed by atoms with Crippen LogP contribution in [0, 0.1) is 17.0 Å². The highest BCUT2D eigenvalue weighted by Gasteiger charge is 2.16. The minimum absolute atomic E-state index is 0.0460. The molecule has 6 nitrogen and oxygen atoms in total. The third kappa shape index (κ3) is 4.14. The summed E-state index contributed by atoms with van der Waals surface area (Å²) < 4.78 is 33.4. The molecule has 0 radical (unpaired) electrons. The number of carbonyl (C=O) groups excluding carboxylic acids is 1. The second-order valence-electron chi connectivity index (χ2n) is 5.55. The minimum Gasteiger partial charge on any atom is -0.465 e. The smallest absolute Gasteiger partial charge is 0.326 e. The normalized spacial score (nSPS) is 10.6. The number of ether oxygens (including phenoxy) is 1. The zero-order valence-electron chi connectivity index (χ0n) is 14.2. The van der Waals surface area contributed by atoms with Crippen molar-refractivity contribution in [3.63, 3.8) is 0 Å². The predicted octanol–water partition coefficient (Wildman–Crippen LogP) is 2.05.